The van der Waals surface area contributed by atoms with Gasteiger partial charge in [0.1, 0.15) is 5.76 Å². The first-order valence-electron chi connectivity index (χ1n) is 8.99. The molecule has 0 spiro atoms. The SMILES string of the molecule is COC1=CCC([C@@H]2Nc3ccc(C(F)(F)F)cc3[C@H]3OCCC[C@H]32)C=C1. The highest BCUT2D eigenvalue weighted by molar-refractivity contribution is 5.58. The van der Waals surface area contributed by atoms with Crippen molar-refractivity contribution in [1.29, 1.82) is 0 Å². The van der Waals surface area contributed by atoms with E-state index < -0.39 is 11.7 Å². The topological polar surface area (TPSA) is 30.5 Å². The smallest absolute Gasteiger partial charge is 0.416 e. The van der Waals surface area contributed by atoms with E-state index in [-0.39, 0.29) is 24.0 Å². The molecule has 0 amide bonds. The Kier molecular flexibility index (Phi) is 4.47. The zero-order valence-electron chi connectivity index (χ0n) is 14.6. The molecule has 2 heterocycles. The molecular weight excluding hydrogens is 343 g/mol. The average molecular weight is 365 g/mol. The minimum Gasteiger partial charge on any atom is -0.497 e. The number of methoxy groups -OCH3 is 1. The Morgan fingerprint density at radius 3 is 2.81 bits per heavy atom. The maximum Gasteiger partial charge on any atom is 0.416 e. The fourth-order valence-electron chi connectivity index (χ4n) is 4.34. The first-order chi connectivity index (χ1) is 12.5. The van der Waals surface area contributed by atoms with E-state index in [1.807, 2.05) is 6.08 Å². The predicted molar refractivity (Wildman–Crippen MR) is 92.6 cm³/mol. The number of hydrogen-bond acceptors (Lipinski definition) is 3. The summed E-state index contributed by atoms with van der Waals surface area (Å²) in [5.41, 5.74) is 0.768. The molecule has 6 heteroatoms. The summed E-state index contributed by atoms with van der Waals surface area (Å²) < 4.78 is 50.6. The number of allylic oxidation sites excluding steroid dienone is 2. The normalized spacial score (nSPS) is 30.7. The Morgan fingerprint density at radius 2 is 2.12 bits per heavy atom. The fraction of sp³-hybridized carbons (Fsp3) is 0.500. The first-order valence-corrected chi connectivity index (χ1v) is 8.99. The highest BCUT2D eigenvalue weighted by atomic mass is 19.4. The van der Waals surface area contributed by atoms with Gasteiger partial charge in [0.15, 0.2) is 0 Å². The number of fused-ring (bicyclic) bond motifs is 3. The lowest BCUT2D eigenvalue weighted by Gasteiger charge is -2.46. The number of ether oxygens (including phenoxy) is 2. The van der Waals surface area contributed by atoms with Crippen LogP contribution in [0.3, 0.4) is 0 Å². The van der Waals surface area contributed by atoms with Gasteiger partial charge in [-0.3, -0.25) is 0 Å². The molecule has 1 saturated heterocycles. The van der Waals surface area contributed by atoms with Crippen LogP contribution in [0.15, 0.2) is 42.2 Å². The van der Waals surface area contributed by atoms with Crippen molar-refractivity contribution in [2.24, 2.45) is 11.8 Å². The summed E-state index contributed by atoms with van der Waals surface area (Å²) in [6, 6.07) is 4.07. The molecule has 26 heavy (non-hydrogen) atoms. The molecule has 3 aliphatic rings. The molecule has 1 unspecified atom stereocenters. The molecule has 0 aromatic heterocycles. The van der Waals surface area contributed by atoms with E-state index >= 15 is 0 Å². The van der Waals surface area contributed by atoms with Crippen LogP contribution in [0.2, 0.25) is 0 Å². The molecular formula is C20H22F3NO2. The summed E-state index contributed by atoms with van der Waals surface area (Å²) in [6.07, 6.45) is 4.27. The molecule has 0 bridgehead atoms. The van der Waals surface area contributed by atoms with Crippen LogP contribution in [-0.4, -0.2) is 19.8 Å². The van der Waals surface area contributed by atoms with Crippen LogP contribution in [0, 0.1) is 11.8 Å². The predicted octanol–water partition coefficient (Wildman–Crippen LogP) is 5.07. The molecule has 2 aliphatic heterocycles. The van der Waals surface area contributed by atoms with Crippen molar-refractivity contribution in [1.82, 2.24) is 0 Å². The zero-order chi connectivity index (χ0) is 18.3. The van der Waals surface area contributed by atoms with Gasteiger partial charge in [-0.1, -0.05) is 6.08 Å². The summed E-state index contributed by atoms with van der Waals surface area (Å²) in [5, 5.41) is 3.51. The number of rotatable bonds is 2. The number of anilines is 1. The van der Waals surface area contributed by atoms with Gasteiger partial charge in [-0.05, 0) is 49.6 Å². The van der Waals surface area contributed by atoms with Gasteiger partial charge in [-0.2, -0.15) is 13.2 Å². The lowest BCUT2D eigenvalue weighted by atomic mass is 9.73. The van der Waals surface area contributed by atoms with E-state index in [9.17, 15) is 13.2 Å². The molecule has 140 valence electrons. The van der Waals surface area contributed by atoms with E-state index in [2.05, 4.69) is 17.5 Å². The molecule has 1 aromatic carbocycles. The van der Waals surface area contributed by atoms with Gasteiger partial charge in [-0.15, -0.1) is 0 Å². The standard InChI is InChI=1S/C20H22F3NO2/c1-25-14-7-4-12(5-8-14)18-15-3-2-10-26-19(15)16-11-13(20(21,22)23)6-9-17(16)24-18/h4,6-9,11-12,15,18-19,24H,2-3,5,10H2,1H3/t12?,15-,18-,19-/m0/s1. The van der Waals surface area contributed by atoms with Gasteiger partial charge in [-0.25, -0.2) is 0 Å². The monoisotopic (exact) mass is 365 g/mol. The molecule has 4 atom stereocenters. The molecule has 1 N–H and O–H groups in total. The second-order valence-electron chi connectivity index (χ2n) is 7.14. The molecule has 4 rings (SSSR count). The van der Waals surface area contributed by atoms with Gasteiger partial charge < -0.3 is 14.8 Å². The molecule has 0 saturated carbocycles. The number of benzene rings is 1. The van der Waals surface area contributed by atoms with Crippen molar-refractivity contribution in [3.63, 3.8) is 0 Å². The molecule has 1 aromatic rings. The molecule has 0 radical (unpaired) electrons. The number of hydrogen-bond donors (Lipinski definition) is 1. The van der Waals surface area contributed by atoms with E-state index in [0.717, 1.165) is 36.8 Å². The second-order valence-corrected chi connectivity index (χ2v) is 7.14. The molecule has 1 aliphatic carbocycles. The highest BCUT2D eigenvalue weighted by Gasteiger charge is 2.43. The first kappa shape index (κ1) is 17.5. The van der Waals surface area contributed by atoms with Gasteiger partial charge in [0.05, 0.1) is 18.8 Å². The Bertz CT molecular complexity index is 741. The van der Waals surface area contributed by atoms with Crippen LogP contribution in [-0.2, 0) is 15.7 Å². The second kappa shape index (κ2) is 6.65. The molecule has 3 nitrogen and oxygen atoms in total. The van der Waals surface area contributed by atoms with E-state index in [1.54, 1.807) is 13.2 Å². The van der Waals surface area contributed by atoms with Crippen LogP contribution in [0.4, 0.5) is 18.9 Å². The van der Waals surface area contributed by atoms with E-state index in [0.29, 0.717) is 12.2 Å². The summed E-state index contributed by atoms with van der Waals surface area (Å²) >= 11 is 0. The fourth-order valence-corrected chi connectivity index (χ4v) is 4.34. The van der Waals surface area contributed by atoms with Crippen molar-refractivity contribution >= 4 is 5.69 Å². The maximum absolute atomic E-state index is 13.1. The highest BCUT2D eigenvalue weighted by Crippen LogP contribution is 2.48. The van der Waals surface area contributed by atoms with E-state index in [4.69, 9.17) is 9.47 Å². The lowest BCUT2D eigenvalue weighted by molar-refractivity contribution is -0.137. The van der Waals surface area contributed by atoms with Gasteiger partial charge in [0.25, 0.3) is 0 Å². The quantitative estimate of drug-likeness (QED) is 0.793. The van der Waals surface area contributed by atoms with E-state index in [1.165, 1.54) is 6.07 Å². The van der Waals surface area contributed by atoms with Gasteiger partial charge >= 0.3 is 6.18 Å². The lowest BCUT2D eigenvalue weighted by Crippen LogP contribution is -2.45. The van der Waals surface area contributed by atoms with Crippen molar-refractivity contribution in [2.45, 2.75) is 37.6 Å². The minimum absolute atomic E-state index is 0.135. The summed E-state index contributed by atoms with van der Waals surface area (Å²) in [7, 11) is 1.65. The Hall–Kier alpha value is -1.95. The van der Waals surface area contributed by atoms with Crippen molar-refractivity contribution in [3.05, 3.63) is 53.3 Å². The Labute approximate surface area is 150 Å². The van der Waals surface area contributed by atoms with Crippen LogP contribution in [0.1, 0.15) is 36.5 Å². The number of halogens is 3. The summed E-state index contributed by atoms with van der Waals surface area (Å²) in [4.78, 5) is 0. The van der Waals surface area contributed by atoms with Crippen LogP contribution >= 0.6 is 0 Å². The zero-order valence-corrected chi connectivity index (χ0v) is 14.6. The van der Waals surface area contributed by atoms with Crippen molar-refractivity contribution in [3.8, 4) is 0 Å². The average Bonchev–Trinajstić information content (AvgIpc) is 2.66. The van der Waals surface area contributed by atoms with Crippen LogP contribution in [0.5, 0.6) is 0 Å². The number of alkyl halides is 3. The summed E-state index contributed by atoms with van der Waals surface area (Å²) in [5.74, 6) is 1.27. The third-order valence-electron chi connectivity index (χ3n) is 5.63. The third kappa shape index (κ3) is 3.11. The Balaban J connectivity index is 1.66. The maximum atomic E-state index is 13.1. The Morgan fingerprint density at radius 1 is 1.27 bits per heavy atom. The number of nitrogens with one attached hydrogen (secondary N) is 1. The third-order valence-corrected chi connectivity index (χ3v) is 5.63. The minimum atomic E-state index is -4.34. The van der Waals surface area contributed by atoms with Gasteiger partial charge in [0, 0.05) is 35.7 Å². The largest absolute Gasteiger partial charge is 0.497 e. The van der Waals surface area contributed by atoms with Gasteiger partial charge in [0.2, 0.25) is 0 Å². The van der Waals surface area contributed by atoms with Crippen molar-refractivity contribution < 1.29 is 22.6 Å². The van der Waals surface area contributed by atoms with Crippen LogP contribution in [0.25, 0.3) is 0 Å². The molecule has 1 fully saturated rings. The van der Waals surface area contributed by atoms with Crippen LogP contribution < -0.4 is 5.32 Å². The van der Waals surface area contributed by atoms with Crippen molar-refractivity contribution in [2.75, 3.05) is 19.0 Å². The summed E-state index contributed by atoms with van der Waals surface area (Å²) in [6.45, 7) is 0.595.